The van der Waals surface area contributed by atoms with Gasteiger partial charge in [0.05, 0.1) is 5.38 Å². The van der Waals surface area contributed by atoms with Gasteiger partial charge in [0.25, 0.3) is 0 Å². The van der Waals surface area contributed by atoms with Gasteiger partial charge in [-0.15, -0.1) is 22.9 Å². The van der Waals surface area contributed by atoms with E-state index in [1.165, 1.54) is 27.1 Å². The van der Waals surface area contributed by atoms with Crippen LogP contribution >= 0.6 is 38.9 Å². The molecule has 12 heavy (non-hydrogen) atoms. The molecule has 1 heterocycles. The molecule has 0 N–H and O–H groups in total. The monoisotopic (exact) mass is 264 g/mol. The minimum Gasteiger partial charge on any atom is -0.143 e. The summed E-state index contributed by atoms with van der Waals surface area (Å²) in [6.45, 7) is 2.12. The first-order chi connectivity index (χ1) is 5.68. The second kappa shape index (κ2) is 3.32. The summed E-state index contributed by atoms with van der Waals surface area (Å²) in [5.41, 5.74) is 0. The van der Waals surface area contributed by atoms with E-state index in [1.54, 1.807) is 0 Å². The number of halogens is 2. The van der Waals surface area contributed by atoms with Crippen molar-refractivity contribution in [2.24, 2.45) is 5.92 Å². The summed E-state index contributed by atoms with van der Waals surface area (Å²) in [4.78, 5) is 2.65. The lowest BCUT2D eigenvalue weighted by atomic mass is 10.2. The van der Waals surface area contributed by atoms with E-state index < -0.39 is 0 Å². The Bertz CT molecular complexity index is 291. The van der Waals surface area contributed by atoms with Crippen LogP contribution in [0.25, 0.3) is 0 Å². The van der Waals surface area contributed by atoms with Crippen molar-refractivity contribution in [3.63, 3.8) is 0 Å². The molecule has 0 nitrogen and oxygen atoms in total. The van der Waals surface area contributed by atoms with Gasteiger partial charge in [0.1, 0.15) is 0 Å². The molecule has 0 aliphatic heterocycles. The topological polar surface area (TPSA) is 0 Å². The standard InChI is InChI=1S/C9H10BrClS/c1-5-4-7(10)9(12-5)8(11)6-2-3-6/h4,6,8H,2-3H2,1H3. The van der Waals surface area contributed by atoms with Crippen LogP contribution in [0.15, 0.2) is 10.5 Å². The Kier molecular flexibility index (Phi) is 2.50. The summed E-state index contributed by atoms with van der Waals surface area (Å²) in [6.07, 6.45) is 2.61. The molecule has 1 fully saturated rings. The van der Waals surface area contributed by atoms with E-state index in [0.717, 1.165) is 5.92 Å². The molecule has 0 saturated heterocycles. The molecule has 2 rings (SSSR count). The molecule has 1 atom stereocenters. The smallest absolute Gasteiger partial charge is 0.0718 e. The van der Waals surface area contributed by atoms with E-state index in [9.17, 15) is 0 Å². The molecule has 0 spiro atoms. The highest BCUT2D eigenvalue weighted by molar-refractivity contribution is 9.10. The summed E-state index contributed by atoms with van der Waals surface area (Å²) in [5, 5.41) is 0.248. The highest BCUT2D eigenvalue weighted by Gasteiger charge is 2.32. The van der Waals surface area contributed by atoms with Crippen molar-refractivity contribution < 1.29 is 0 Å². The fraction of sp³-hybridized carbons (Fsp3) is 0.556. The van der Waals surface area contributed by atoms with Crippen LogP contribution in [0.5, 0.6) is 0 Å². The molecule has 1 aliphatic carbocycles. The second-order valence-corrected chi connectivity index (χ2v) is 5.92. The van der Waals surface area contributed by atoms with Crippen molar-refractivity contribution in [3.05, 3.63) is 20.3 Å². The van der Waals surface area contributed by atoms with Gasteiger partial charge in [-0.3, -0.25) is 0 Å². The van der Waals surface area contributed by atoms with Crippen LogP contribution < -0.4 is 0 Å². The van der Waals surface area contributed by atoms with Crippen LogP contribution in [0.3, 0.4) is 0 Å². The van der Waals surface area contributed by atoms with Crippen LogP contribution in [0, 0.1) is 12.8 Å². The summed E-state index contributed by atoms with van der Waals surface area (Å²) in [7, 11) is 0. The lowest BCUT2D eigenvalue weighted by Gasteiger charge is -2.04. The lowest BCUT2D eigenvalue weighted by molar-refractivity contribution is 0.809. The average molecular weight is 266 g/mol. The van der Waals surface area contributed by atoms with Crippen LogP contribution in [0.2, 0.25) is 0 Å². The Hall–Kier alpha value is 0.470. The number of hydrogen-bond donors (Lipinski definition) is 0. The van der Waals surface area contributed by atoms with Crippen molar-refractivity contribution in [2.75, 3.05) is 0 Å². The van der Waals surface area contributed by atoms with Crippen molar-refractivity contribution in [3.8, 4) is 0 Å². The van der Waals surface area contributed by atoms with E-state index >= 15 is 0 Å². The van der Waals surface area contributed by atoms with E-state index in [4.69, 9.17) is 11.6 Å². The SMILES string of the molecule is Cc1cc(Br)c(C(Cl)C2CC2)s1. The fourth-order valence-electron chi connectivity index (χ4n) is 1.29. The predicted octanol–water partition coefficient (Wildman–Crippen LogP) is 4.51. The molecule has 1 aromatic heterocycles. The molecule has 3 heteroatoms. The van der Waals surface area contributed by atoms with Gasteiger partial charge in [-0.25, -0.2) is 0 Å². The van der Waals surface area contributed by atoms with E-state index in [-0.39, 0.29) is 5.38 Å². The Morgan fingerprint density at radius 2 is 2.33 bits per heavy atom. The van der Waals surface area contributed by atoms with Gasteiger partial charge < -0.3 is 0 Å². The molecule has 1 aromatic rings. The van der Waals surface area contributed by atoms with Crippen LogP contribution in [-0.2, 0) is 0 Å². The molecular weight excluding hydrogens is 256 g/mol. The van der Waals surface area contributed by atoms with Gasteiger partial charge in [0.2, 0.25) is 0 Å². The molecule has 1 unspecified atom stereocenters. The van der Waals surface area contributed by atoms with Crippen LogP contribution in [0.4, 0.5) is 0 Å². The lowest BCUT2D eigenvalue weighted by Crippen LogP contribution is -1.88. The first-order valence-corrected chi connectivity index (χ1v) is 6.13. The maximum Gasteiger partial charge on any atom is 0.0718 e. The van der Waals surface area contributed by atoms with Crippen molar-refractivity contribution in [1.29, 1.82) is 0 Å². The predicted molar refractivity (Wildman–Crippen MR) is 58.1 cm³/mol. The average Bonchev–Trinajstić information content (AvgIpc) is 2.77. The quantitative estimate of drug-likeness (QED) is 0.690. The number of rotatable bonds is 2. The third-order valence-corrected chi connectivity index (χ3v) is 4.88. The number of alkyl halides is 1. The zero-order chi connectivity index (χ0) is 8.72. The first-order valence-electron chi connectivity index (χ1n) is 4.08. The van der Waals surface area contributed by atoms with E-state index in [0.29, 0.717) is 0 Å². The first kappa shape index (κ1) is 9.04. The Labute approximate surface area is 90.1 Å². The Morgan fingerprint density at radius 1 is 1.67 bits per heavy atom. The van der Waals surface area contributed by atoms with Gasteiger partial charge in [-0.05, 0) is 47.7 Å². The summed E-state index contributed by atoms with van der Waals surface area (Å²) in [6, 6.07) is 2.15. The maximum atomic E-state index is 6.30. The molecule has 0 bridgehead atoms. The number of aryl methyl sites for hydroxylation is 1. The van der Waals surface area contributed by atoms with Crippen LogP contribution in [-0.4, -0.2) is 0 Å². The third kappa shape index (κ3) is 1.70. The highest BCUT2D eigenvalue weighted by Crippen LogP contribution is 2.49. The molecular formula is C9H10BrClS. The normalized spacial score (nSPS) is 19.6. The van der Waals surface area contributed by atoms with Crippen LogP contribution in [0.1, 0.15) is 28.0 Å². The zero-order valence-corrected chi connectivity index (χ0v) is 9.97. The minimum absolute atomic E-state index is 0.248. The van der Waals surface area contributed by atoms with Crippen molar-refractivity contribution in [2.45, 2.75) is 25.1 Å². The molecule has 66 valence electrons. The fourth-order valence-corrected chi connectivity index (χ4v) is 3.90. The molecule has 0 amide bonds. The molecule has 1 aliphatic rings. The zero-order valence-electron chi connectivity index (χ0n) is 6.81. The highest BCUT2D eigenvalue weighted by atomic mass is 79.9. The third-order valence-electron chi connectivity index (χ3n) is 2.12. The minimum atomic E-state index is 0.248. The molecule has 0 radical (unpaired) electrons. The van der Waals surface area contributed by atoms with E-state index in [1.807, 2.05) is 11.3 Å². The van der Waals surface area contributed by atoms with Gasteiger partial charge in [-0.2, -0.15) is 0 Å². The largest absolute Gasteiger partial charge is 0.143 e. The number of thiophene rings is 1. The Morgan fingerprint density at radius 3 is 2.75 bits per heavy atom. The van der Waals surface area contributed by atoms with Gasteiger partial charge in [0, 0.05) is 14.2 Å². The summed E-state index contributed by atoms with van der Waals surface area (Å²) >= 11 is 11.7. The second-order valence-electron chi connectivity index (χ2n) is 3.31. The van der Waals surface area contributed by atoms with Gasteiger partial charge in [0.15, 0.2) is 0 Å². The van der Waals surface area contributed by atoms with Crippen molar-refractivity contribution in [1.82, 2.24) is 0 Å². The van der Waals surface area contributed by atoms with Crippen molar-refractivity contribution >= 4 is 38.9 Å². The maximum absolute atomic E-state index is 6.30. The summed E-state index contributed by atoms with van der Waals surface area (Å²) in [5.74, 6) is 0.737. The molecule has 1 saturated carbocycles. The summed E-state index contributed by atoms with van der Waals surface area (Å²) < 4.78 is 1.19. The van der Waals surface area contributed by atoms with E-state index in [2.05, 4.69) is 28.9 Å². The Balaban J connectivity index is 2.25. The van der Waals surface area contributed by atoms with Gasteiger partial charge >= 0.3 is 0 Å². The molecule has 0 aromatic carbocycles. The van der Waals surface area contributed by atoms with Gasteiger partial charge in [-0.1, -0.05) is 0 Å². The number of hydrogen-bond acceptors (Lipinski definition) is 1.